The Hall–Kier alpha value is -0.540. The van der Waals surface area contributed by atoms with Crippen molar-refractivity contribution in [1.82, 2.24) is 5.32 Å². The van der Waals surface area contributed by atoms with Gasteiger partial charge in [-0.05, 0) is 62.0 Å². The molecule has 0 saturated heterocycles. The third-order valence-corrected chi connectivity index (χ3v) is 4.26. The van der Waals surface area contributed by atoms with Crippen LogP contribution >= 0.6 is 15.9 Å². The number of nitrogens with one attached hydrogen (secondary N) is 1. The van der Waals surface area contributed by atoms with Gasteiger partial charge in [-0.15, -0.1) is 0 Å². The molecule has 0 spiro atoms. The molecule has 2 nitrogen and oxygen atoms in total. The van der Waals surface area contributed by atoms with Crippen molar-refractivity contribution >= 4 is 15.9 Å². The van der Waals surface area contributed by atoms with E-state index in [0.29, 0.717) is 0 Å². The topological polar surface area (TPSA) is 21.3 Å². The van der Waals surface area contributed by atoms with Crippen molar-refractivity contribution in [2.45, 2.75) is 51.9 Å². The predicted octanol–water partition coefficient (Wildman–Crippen LogP) is 4.49. The number of hydrogen-bond donors (Lipinski definition) is 1. The van der Waals surface area contributed by atoms with Crippen LogP contribution in [0.5, 0.6) is 5.75 Å². The Balaban J connectivity index is 1.67. The average Bonchev–Trinajstić information content (AvgIpc) is 2.89. The molecule has 0 amide bonds. The molecule has 1 aromatic rings. The minimum atomic E-state index is 0.849. The number of aryl methyl sites for hydroxylation is 1. The molecule has 0 aromatic heterocycles. The second-order valence-electron chi connectivity index (χ2n) is 5.57. The normalized spacial score (nSPS) is 13.3. The van der Waals surface area contributed by atoms with Gasteiger partial charge in [0, 0.05) is 10.9 Å². The molecule has 0 radical (unpaired) electrons. The first-order valence-electron chi connectivity index (χ1n) is 7.96. The zero-order valence-corrected chi connectivity index (χ0v) is 14.1. The second kappa shape index (κ2) is 8.68. The lowest BCUT2D eigenvalue weighted by Crippen LogP contribution is -2.15. The molecule has 1 aliphatic heterocycles. The van der Waals surface area contributed by atoms with Gasteiger partial charge in [-0.1, -0.05) is 35.7 Å². The lowest BCUT2D eigenvalue weighted by Gasteiger charge is -2.09. The van der Waals surface area contributed by atoms with Crippen molar-refractivity contribution in [3.05, 3.63) is 27.7 Å². The van der Waals surface area contributed by atoms with Crippen molar-refractivity contribution in [3.63, 3.8) is 0 Å². The largest absolute Gasteiger partial charge is 0.493 e. The number of halogens is 1. The van der Waals surface area contributed by atoms with Crippen LogP contribution in [0.2, 0.25) is 0 Å². The van der Waals surface area contributed by atoms with Crippen molar-refractivity contribution in [1.29, 1.82) is 0 Å². The number of ether oxygens (including phenoxy) is 1. The van der Waals surface area contributed by atoms with Crippen LogP contribution in [0, 0.1) is 0 Å². The van der Waals surface area contributed by atoms with Crippen LogP contribution in [-0.2, 0) is 12.8 Å². The van der Waals surface area contributed by atoms with Gasteiger partial charge in [-0.2, -0.15) is 0 Å². The fraction of sp³-hybridized carbons (Fsp3) is 0.647. The van der Waals surface area contributed by atoms with E-state index in [4.69, 9.17) is 4.74 Å². The molecule has 112 valence electrons. The quantitative estimate of drug-likeness (QED) is 0.669. The van der Waals surface area contributed by atoms with E-state index >= 15 is 0 Å². The summed E-state index contributed by atoms with van der Waals surface area (Å²) in [5.41, 5.74) is 2.76. The Morgan fingerprint density at radius 2 is 2.00 bits per heavy atom. The molecule has 0 saturated carbocycles. The van der Waals surface area contributed by atoms with E-state index in [-0.39, 0.29) is 0 Å². The summed E-state index contributed by atoms with van der Waals surface area (Å²) in [7, 11) is 0. The lowest BCUT2D eigenvalue weighted by atomic mass is 10.0. The van der Waals surface area contributed by atoms with Gasteiger partial charge in [-0.3, -0.25) is 0 Å². The van der Waals surface area contributed by atoms with Crippen LogP contribution in [0.15, 0.2) is 16.6 Å². The summed E-state index contributed by atoms with van der Waals surface area (Å²) in [5, 5.41) is 3.46. The summed E-state index contributed by atoms with van der Waals surface area (Å²) >= 11 is 3.61. The summed E-state index contributed by atoms with van der Waals surface area (Å²) in [5.74, 6) is 1.16. The van der Waals surface area contributed by atoms with E-state index in [1.165, 1.54) is 54.2 Å². The smallest absolute Gasteiger partial charge is 0.125 e. The lowest BCUT2D eigenvalue weighted by molar-refractivity contribution is 0.353. The first-order valence-corrected chi connectivity index (χ1v) is 8.75. The Kier molecular flexibility index (Phi) is 6.88. The number of rotatable bonds is 9. The van der Waals surface area contributed by atoms with E-state index < -0.39 is 0 Å². The summed E-state index contributed by atoms with van der Waals surface area (Å²) < 4.78 is 6.97. The van der Waals surface area contributed by atoms with Gasteiger partial charge in [0.2, 0.25) is 0 Å². The highest BCUT2D eigenvalue weighted by molar-refractivity contribution is 9.10. The number of fused-ring (bicyclic) bond motifs is 1. The molecule has 0 unspecified atom stereocenters. The van der Waals surface area contributed by atoms with Crippen LogP contribution in [0.25, 0.3) is 0 Å². The monoisotopic (exact) mass is 339 g/mol. The van der Waals surface area contributed by atoms with E-state index in [9.17, 15) is 0 Å². The molecular weight excluding hydrogens is 314 g/mol. The van der Waals surface area contributed by atoms with Gasteiger partial charge in [0.1, 0.15) is 5.75 Å². The molecular formula is C17H26BrNO. The van der Waals surface area contributed by atoms with Crippen molar-refractivity contribution in [2.24, 2.45) is 0 Å². The highest BCUT2D eigenvalue weighted by Gasteiger charge is 2.16. The highest BCUT2D eigenvalue weighted by atomic mass is 79.9. The number of unbranched alkanes of at least 4 members (excludes halogenated alkanes) is 3. The molecule has 0 fully saturated rings. The van der Waals surface area contributed by atoms with Crippen LogP contribution in [0.4, 0.5) is 0 Å². The number of hydrogen-bond acceptors (Lipinski definition) is 2. The fourth-order valence-corrected chi connectivity index (χ4v) is 3.31. The maximum Gasteiger partial charge on any atom is 0.125 e. The SMILES string of the molecule is CCCNCCCCCCc1cc(Br)cc2c1OCC2. The van der Waals surface area contributed by atoms with Gasteiger partial charge in [-0.25, -0.2) is 0 Å². The Labute approximate surface area is 131 Å². The summed E-state index contributed by atoms with van der Waals surface area (Å²) in [6.45, 7) is 5.39. The molecule has 20 heavy (non-hydrogen) atoms. The zero-order chi connectivity index (χ0) is 14.2. The molecule has 1 heterocycles. The molecule has 1 N–H and O–H groups in total. The van der Waals surface area contributed by atoms with Gasteiger partial charge >= 0.3 is 0 Å². The van der Waals surface area contributed by atoms with Crippen LogP contribution in [0.3, 0.4) is 0 Å². The summed E-state index contributed by atoms with van der Waals surface area (Å²) in [6.07, 6.45) is 8.64. The van der Waals surface area contributed by atoms with Gasteiger partial charge < -0.3 is 10.1 Å². The molecule has 1 aliphatic rings. The first-order chi connectivity index (χ1) is 9.81. The van der Waals surface area contributed by atoms with Gasteiger partial charge in [0.25, 0.3) is 0 Å². The summed E-state index contributed by atoms with van der Waals surface area (Å²) in [6, 6.07) is 4.43. The predicted molar refractivity (Wildman–Crippen MR) is 88.7 cm³/mol. The maximum absolute atomic E-state index is 5.78. The maximum atomic E-state index is 5.78. The molecule has 3 heteroatoms. The number of benzene rings is 1. The van der Waals surface area contributed by atoms with Crippen molar-refractivity contribution in [2.75, 3.05) is 19.7 Å². The molecule has 0 atom stereocenters. The zero-order valence-electron chi connectivity index (χ0n) is 12.5. The minimum Gasteiger partial charge on any atom is -0.493 e. The van der Waals surface area contributed by atoms with E-state index in [1.54, 1.807) is 0 Å². The average molecular weight is 340 g/mol. The van der Waals surface area contributed by atoms with Crippen LogP contribution < -0.4 is 10.1 Å². The molecule has 2 rings (SSSR count). The molecule has 0 bridgehead atoms. The Morgan fingerprint density at radius 3 is 2.85 bits per heavy atom. The van der Waals surface area contributed by atoms with Gasteiger partial charge in [0.15, 0.2) is 0 Å². The van der Waals surface area contributed by atoms with E-state index in [0.717, 1.165) is 31.7 Å². The van der Waals surface area contributed by atoms with Gasteiger partial charge in [0.05, 0.1) is 6.61 Å². The van der Waals surface area contributed by atoms with E-state index in [1.807, 2.05) is 0 Å². The van der Waals surface area contributed by atoms with E-state index in [2.05, 4.69) is 40.3 Å². The Morgan fingerprint density at radius 1 is 1.15 bits per heavy atom. The van der Waals surface area contributed by atoms with Crippen molar-refractivity contribution in [3.8, 4) is 5.75 Å². The minimum absolute atomic E-state index is 0.849. The Bertz CT molecular complexity index is 420. The van der Waals surface area contributed by atoms with Crippen LogP contribution in [0.1, 0.15) is 50.2 Å². The molecule has 0 aliphatic carbocycles. The molecule has 1 aromatic carbocycles. The highest BCUT2D eigenvalue weighted by Crippen LogP contribution is 2.33. The third kappa shape index (κ3) is 4.78. The fourth-order valence-electron chi connectivity index (χ4n) is 2.75. The first kappa shape index (κ1) is 15.8. The van der Waals surface area contributed by atoms with Crippen molar-refractivity contribution < 1.29 is 4.74 Å². The third-order valence-electron chi connectivity index (χ3n) is 3.80. The second-order valence-corrected chi connectivity index (χ2v) is 6.48. The van der Waals surface area contributed by atoms with Crippen LogP contribution in [-0.4, -0.2) is 19.7 Å². The summed E-state index contributed by atoms with van der Waals surface area (Å²) in [4.78, 5) is 0. The standard InChI is InChI=1S/C17H26BrNO/c1-2-9-19-10-6-4-3-5-7-14-12-16(18)13-15-8-11-20-17(14)15/h12-13,19H,2-11H2,1H3.